The van der Waals surface area contributed by atoms with E-state index in [9.17, 15) is 9.18 Å². The van der Waals surface area contributed by atoms with Gasteiger partial charge in [-0.1, -0.05) is 6.08 Å². The molecule has 1 aromatic rings. The molecule has 0 amide bonds. The van der Waals surface area contributed by atoms with Crippen LogP contribution in [0.15, 0.2) is 60.1 Å². The monoisotopic (exact) mass is 310 g/mol. The third kappa shape index (κ3) is 3.07. The number of Topliss-reactive ketones (excluding diaryl/α,β-unsaturated/α-hetero) is 1. The van der Waals surface area contributed by atoms with E-state index in [-0.39, 0.29) is 11.6 Å². The van der Waals surface area contributed by atoms with Gasteiger partial charge in [0.1, 0.15) is 5.82 Å². The van der Waals surface area contributed by atoms with Crippen LogP contribution in [-0.4, -0.2) is 35.2 Å². The molecule has 23 heavy (non-hydrogen) atoms. The first-order valence-electron chi connectivity index (χ1n) is 8.08. The molecule has 0 spiro atoms. The first kappa shape index (κ1) is 14.2. The van der Waals surface area contributed by atoms with Gasteiger partial charge in [0.2, 0.25) is 0 Å². The highest BCUT2D eigenvalue weighted by atomic mass is 19.1. The van der Waals surface area contributed by atoms with Gasteiger partial charge in [0.15, 0.2) is 5.78 Å². The minimum absolute atomic E-state index is 0.0332. The Morgan fingerprint density at radius 1 is 1.09 bits per heavy atom. The van der Waals surface area contributed by atoms with E-state index in [1.54, 1.807) is 12.1 Å². The van der Waals surface area contributed by atoms with Crippen molar-refractivity contribution in [3.63, 3.8) is 0 Å². The molecule has 3 nitrogen and oxygen atoms in total. The molecule has 2 heterocycles. The first-order chi connectivity index (χ1) is 11.2. The number of halogens is 1. The summed E-state index contributed by atoms with van der Waals surface area (Å²) in [5.41, 5.74) is 2.50. The first-order valence-corrected chi connectivity index (χ1v) is 8.08. The minimum Gasteiger partial charge on any atom is -0.370 e. The highest BCUT2D eigenvalue weighted by Gasteiger charge is 2.27. The van der Waals surface area contributed by atoms with Crippen molar-refractivity contribution in [1.29, 1.82) is 0 Å². The molecule has 0 atom stereocenters. The molecule has 1 aromatic carbocycles. The van der Waals surface area contributed by atoms with Gasteiger partial charge in [-0.05, 0) is 49.1 Å². The van der Waals surface area contributed by atoms with E-state index in [4.69, 9.17) is 0 Å². The summed E-state index contributed by atoms with van der Waals surface area (Å²) >= 11 is 0. The lowest BCUT2D eigenvalue weighted by molar-refractivity contribution is 0.102. The topological polar surface area (TPSA) is 23.6 Å². The molecular weight excluding hydrogens is 291 g/mol. The van der Waals surface area contributed by atoms with Crippen LogP contribution in [0.3, 0.4) is 0 Å². The van der Waals surface area contributed by atoms with Gasteiger partial charge in [0.05, 0.1) is 13.1 Å². The smallest absolute Gasteiger partial charge is 0.190 e. The SMILES string of the molecule is O=C(C1=CC=C2CN(CC3CC3)C=CN2C1)c1ccc(F)cc1. The number of fused-ring (bicyclic) bond motifs is 1. The summed E-state index contributed by atoms with van der Waals surface area (Å²) in [6, 6.07) is 5.74. The second-order valence-corrected chi connectivity index (χ2v) is 6.48. The second-order valence-electron chi connectivity index (χ2n) is 6.48. The Balaban J connectivity index is 1.49. The highest BCUT2D eigenvalue weighted by Crippen LogP contribution is 2.31. The van der Waals surface area contributed by atoms with Gasteiger partial charge in [-0.2, -0.15) is 0 Å². The largest absolute Gasteiger partial charge is 0.370 e. The summed E-state index contributed by atoms with van der Waals surface area (Å²) < 4.78 is 13.0. The van der Waals surface area contributed by atoms with Crippen molar-refractivity contribution in [2.75, 3.05) is 19.6 Å². The van der Waals surface area contributed by atoms with Crippen LogP contribution in [0, 0.1) is 11.7 Å². The average molecular weight is 310 g/mol. The predicted molar refractivity (Wildman–Crippen MR) is 87.0 cm³/mol. The number of benzene rings is 1. The zero-order chi connectivity index (χ0) is 15.8. The number of allylic oxidation sites excluding steroid dienone is 2. The molecule has 3 aliphatic rings. The zero-order valence-corrected chi connectivity index (χ0v) is 12.9. The second kappa shape index (κ2) is 5.69. The van der Waals surface area contributed by atoms with Crippen molar-refractivity contribution in [2.45, 2.75) is 12.8 Å². The van der Waals surface area contributed by atoms with Crippen LogP contribution >= 0.6 is 0 Å². The lowest BCUT2D eigenvalue weighted by atomic mass is 9.99. The maximum atomic E-state index is 13.0. The molecular formula is C19H19FN2O. The van der Waals surface area contributed by atoms with Crippen molar-refractivity contribution in [2.24, 2.45) is 5.92 Å². The zero-order valence-electron chi connectivity index (χ0n) is 12.9. The Morgan fingerprint density at radius 2 is 1.87 bits per heavy atom. The summed E-state index contributed by atoms with van der Waals surface area (Å²) in [4.78, 5) is 17.0. The van der Waals surface area contributed by atoms with Crippen LogP contribution in [0.4, 0.5) is 4.39 Å². The number of hydrogen-bond acceptors (Lipinski definition) is 3. The molecule has 1 saturated carbocycles. The number of carbonyl (C=O) groups excluding carboxylic acids is 1. The van der Waals surface area contributed by atoms with Crippen LogP contribution in [0.25, 0.3) is 0 Å². The van der Waals surface area contributed by atoms with E-state index in [0.717, 1.165) is 24.6 Å². The Bertz CT molecular complexity index is 713. The third-order valence-electron chi connectivity index (χ3n) is 4.60. The van der Waals surface area contributed by atoms with Gasteiger partial charge < -0.3 is 9.80 Å². The number of hydrogen-bond donors (Lipinski definition) is 0. The molecule has 0 radical (unpaired) electrons. The summed E-state index contributed by atoms with van der Waals surface area (Å²) in [5, 5.41) is 0. The van der Waals surface area contributed by atoms with Crippen molar-refractivity contribution in [3.05, 3.63) is 71.5 Å². The molecule has 1 aliphatic carbocycles. The van der Waals surface area contributed by atoms with Gasteiger partial charge in [0.25, 0.3) is 0 Å². The van der Waals surface area contributed by atoms with Crippen molar-refractivity contribution in [3.8, 4) is 0 Å². The van der Waals surface area contributed by atoms with Gasteiger partial charge in [-0.3, -0.25) is 4.79 Å². The van der Waals surface area contributed by atoms with Crippen LogP contribution in [0.2, 0.25) is 0 Å². The average Bonchev–Trinajstić information content (AvgIpc) is 3.38. The molecule has 0 N–H and O–H groups in total. The molecule has 0 bridgehead atoms. The maximum absolute atomic E-state index is 13.0. The van der Waals surface area contributed by atoms with Crippen LogP contribution in [-0.2, 0) is 0 Å². The van der Waals surface area contributed by atoms with E-state index in [1.165, 1.54) is 30.7 Å². The van der Waals surface area contributed by atoms with E-state index >= 15 is 0 Å². The maximum Gasteiger partial charge on any atom is 0.190 e. The quantitative estimate of drug-likeness (QED) is 0.797. The molecule has 118 valence electrons. The van der Waals surface area contributed by atoms with Crippen molar-refractivity contribution < 1.29 is 9.18 Å². The molecule has 4 rings (SSSR count). The van der Waals surface area contributed by atoms with E-state index in [1.807, 2.05) is 12.2 Å². The highest BCUT2D eigenvalue weighted by molar-refractivity contribution is 6.09. The normalized spacial score (nSPS) is 20.0. The standard InChI is InChI=1S/C19H19FN2O/c20-17-6-3-15(4-7-17)19(23)16-5-8-18-13-21(11-14-1-2-14)9-10-22(18)12-16/h3-10,14H,1-2,11-13H2. The fourth-order valence-corrected chi connectivity index (χ4v) is 3.05. The number of nitrogens with zero attached hydrogens (tertiary/aromatic N) is 2. The van der Waals surface area contributed by atoms with E-state index in [2.05, 4.69) is 22.2 Å². The van der Waals surface area contributed by atoms with Crippen molar-refractivity contribution in [1.82, 2.24) is 9.80 Å². The fourth-order valence-electron chi connectivity index (χ4n) is 3.05. The Labute approximate surface area is 135 Å². The summed E-state index contributed by atoms with van der Waals surface area (Å²) in [5.74, 6) is 0.506. The number of ketones is 1. The summed E-state index contributed by atoms with van der Waals surface area (Å²) in [6.07, 6.45) is 10.8. The van der Waals surface area contributed by atoms with E-state index in [0.29, 0.717) is 12.1 Å². The lowest BCUT2D eigenvalue weighted by Crippen LogP contribution is -2.36. The van der Waals surface area contributed by atoms with Gasteiger partial charge in [0, 0.05) is 35.8 Å². The summed E-state index contributed by atoms with van der Waals surface area (Å²) in [6.45, 7) is 2.62. The molecule has 2 aliphatic heterocycles. The molecule has 0 saturated heterocycles. The lowest BCUT2D eigenvalue weighted by Gasteiger charge is -2.35. The predicted octanol–water partition coefficient (Wildman–Crippen LogP) is 3.33. The fraction of sp³-hybridized carbons (Fsp3) is 0.316. The minimum atomic E-state index is -0.323. The molecule has 4 heteroatoms. The Kier molecular flexibility index (Phi) is 3.52. The Hall–Kier alpha value is -2.36. The Morgan fingerprint density at radius 3 is 2.61 bits per heavy atom. The number of rotatable bonds is 4. The van der Waals surface area contributed by atoms with Crippen LogP contribution in [0.1, 0.15) is 23.2 Å². The van der Waals surface area contributed by atoms with E-state index < -0.39 is 0 Å². The van der Waals surface area contributed by atoms with Crippen LogP contribution < -0.4 is 0 Å². The van der Waals surface area contributed by atoms with Crippen LogP contribution in [0.5, 0.6) is 0 Å². The van der Waals surface area contributed by atoms with Gasteiger partial charge in [-0.15, -0.1) is 0 Å². The van der Waals surface area contributed by atoms with Gasteiger partial charge in [-0.25, -0.2) is 4.39 Å². The molecule has 0 aromatic heterocycles. The van der Waals surface area contributed by atoms with Gasteiger partial charge >= 0.3 is 0 Å². The summed E-state index contributed by atoms with van der Waals surface area (Å²) in [7, 11) is 0. The number of carbonyl (C=O) groups is 1. The molecule has 0 unspecified atom stereocenters. The third-order valence-corrected chi connectivity index (χ3v) is 4.60. The van der Waals surface area contributed by atoms with Crippen molar-refractivity contribution >= 4 is 5.78 Å². The molecule has 1 fully saturated rings.